The molecule has 2 heterocycles. The zero-order valence-electron chi connectivity index (χ0n) is 24.0. The predicted octanol–water partition coefficient (Wildman–Crippen LogP) is 3.60. The molecule has 3 amide bonds. The van der Waals surface area contributed by atoms with Gasteiger partial charge in [-0.2, -0.15) is 0 Å². The lowest BCUT2D eigenvalue weighted by Gasteiger charge is -2.32. The number of hydrogen-bond donors (Lipinski definition) is 3. The number of carbonyl (C=O) groups excluding carboxylic acids is 3. The lowest BCUT2D eigenvalue weighted by Crippen LogP contribution is -2.48. The summed E-state index contributed by atoms with van der Waals surface area (Å²) in [4.78, 5) is 43.7. The smallest absolute Gasteiger partial charge is 0.258 e. The summed E-state index contributed by atoms with van der Waals surface area (Å²) in [6.45, 7) is 5.79. The van der Waals surface area contributed by atoms with Gasteiger partial charge >= 0.3 is 0 Å². The highest BCUT2D eigenvalue weighted by atomic mass is 19.1. The Kier molecular flexibility index (Phi) is 8.65. The molecule has 10 heteroatoms. The summed E-state index contributed by atoms with van der Waals surface area (Å²) in [6.07, 6.45) is 0. The highest BCUT2D eigenvalue weighted by Gasteiger charge is 2.29. The van der Waals surface area contributed by atoms with Crippen LogP contribution >= 0.6 is 0 Å². The van der Waals surface area contributed by atoms with Crippen LogP contribution in [0.3, 0.4) is 0 Å². The van der Waals surface area contributed by atoms with Gasteiger partial charge in [0.25, 0.3) is 5.91 Å². The summed E-state index contributed by atoms with van der Waals surface area (Å²) in [5, 5.41) is 8.97. The molecular formula is C32H35FN6O3. The lowest BCUT2D eigenvalue weighted by molar-refractivity contribution is -0.120. The molecule has 0 saturated carbocycles. The van der Waals surface area contributed by atoms with Crippen molar-refractivity contribution >= 4 is 46.1 Å². The van der Waals surface area contributed by atoms with Crippen LogP contribution < -0.4 is 20.9 Å². The molecule has 0 spiro atoms. The average Bonchev–Trinajstić information content (AvgIpc) is 3.30. The number of piperazine rings is 1. The van der Waals surface area contributed by atoms with Crippen molar-refractivity contribution < 1.29 is 18.8 Å². The van der Waals surface area contributed by atoms with Crippen LogP contribution in [-0.4, -0.2) is 74.3 Å². The predicted molar refractivity (Wildman–Crippen MR) is 163 cm³/mol. The Labute approximate surface area is 245 Å². The van der Waals surface area contributed by atoms with E-state index in [-0.39, 0.29) is 17.7 Å². The molecule has 2 aliphatic heterocycles. The largest absolute Gasteiger partial charge is 0.354 e. The van der Waals surface area contributed by atoms with E-state index in [0.717, 1.165) is 43.0 Å². The summed E-state index contributed by atoms with van der Waals surface area (Å²) in [5.74, 6) is -0.916. The van der Waals surface area contributed by atoms with E-state index in [1.165, 1.54) is 19.1 Å². The maximum absolute atomic E-state index is 13.9. The Balaban J connectivity index is 1.42. The van der Waals surface area contributed by atoms with E-state index in [0.29, 0.717) is 41.3 Å². The van der Waals surface area contributed by atoms with Crippen molar-refractivity contribution in [3.05, 3.63) is 89.2 Å². The number of rotatable bonds is 8. The molecule has 3 aromatic carbocycles. The molecule has 1 fully saturated rings. The number of halogens is 1. The van der Waals surface area contributed by atoms with Crippen molar-refractivity contribution in [3.63, 3.8) is 0 Å². The van der Waals surface area contributed by atoms with Crippen LogP contribution in [0.4, 0.5) is 21.5 Å². The van der Waals surface area contributed by atoms with Crippen LogP contribution in [0.25, 0.3) is 11.3 Å². The third-order valence-electron chi connectivity index (χ3n) is 7.59. The van der Waals surface area contributed by atoms with Crippen LogP contribution in [-0.2, 0) is 20.9 Å². The van der Waals surface area contributed by atoms with Crippen LogP contribution in [0.1, 0.15) is 23.6 Å². The van der Waals surface area contributed by atoms with Crippen molar-refractivity contribution in [3.8, 4) is 0 Å². The fraction of sp³-hybridized carbons (Fsp3) is 0.281. The number of amides is 3. The molecule has 0 atom stereocenters. The SMILES string of the molecule is CC(=O)NCc1cccc(/C(Nc2ccc(N(C)C(=O)CN3CCN(C)CC3)cc2)=C2/C(=O)Nc3cc(F)ccc32)c1. The van der Waals surface area contributed by atoms with E-state index in [1.807, 2.05) is 48.5 Å². The second-order valence-corrected chi connectivity index (χ2v) is 10.7. The molecule has 0 radical (unpaired) electrons. The fourth-order valence-corrected chi connectivity index (χ4v) is 5.10. The van der Waals surface area contributed by atoms with Gasteiger partial charge in [-0.3, -0.25) is 19.3 Å². The Hall–Kier alpha value is -4.54. The van der Waals surface area contributed by atoms with Gasteiger partial charge in [-0.05, 0) is 66.7 Å². The van der Waals surface area contributed by atoms with E-state index in [2.05, 4.69) is 32.8 Å². The number of anilines is 3. The van der Waals surface area contributed by atoms with Gasteiger partial charge in [0.2, 0.25) is 11.8 Å². The molecular weight excluding hydrogens is 535 g/mol. The minimum Gasteiger partial charge on any atom is -0.354 e. The quantitative estimate of drug-likeness (QED) is 0.358. The van der Waals surface area contributed by atoms with E-state index in [4.69, 9.17) is 0 Å². The minimum atomic E-state index is -0.441. The second-order valence-electron chi connectivity index (χ2n) is 10.7. The number of nitrogens with one attached hydrogen (secondary N) is 3. The molecule has 5 rings (SSSR count). The highest BCUT2D eigenvalue weighted by Crippen LogP contribution is 2.38. The number of fused-ring (bicyclic) bond motifs is 1. The molecule has 3 aromatic rings. The Morgan fingerprint density at radius 2 is 1.74 bits per heavy atom. The second kappa shape index (κ2) is 12.5. The fourth-order valence-electron chi connectivity index (χ4n) is 5.10. The summed E-state index contributed by atoms with van der Waals surface area (Å²) in [6, 6.07) is 19.2. The molecule has 218 valence electrons. The van der Waals surface area contributed by atoms with Gasteiger partial charge in [-0.1, -0.05) is 18.2 Å². The lowest BCUT2D eigenvalue weighted by atomic mass is 9.98. The normalized spacial score (nSPS) is 16.4. The highest BCUT2D eigenvalue weighted by molar-refractivity contribution is 6.37. The zero-order valence-corrected chi connectivity index (χ0v) is 24.0. The van der Waals surface area contributed by atoms with E-state index < -0.39 is 5.82 Å². The standard InChI is InChI=1S/C32H35FN6O3/c1-21(40)34-19-22-5-4-6-23(17-22)31(30-27-12-7-24(33)18-28(27)36-32(30)42)35-25-8-10-26(11-9-25)38(3)29(41)20-39-15-13-37(2)14-16-39/h4-12,17-18,35H,13-16,19-20H2,1-3H3,(H,34,40)(H,36,42)/b31-30-. The summed E-state index contributed by atoms with van der Waals surface area (Å²) in [7, 11) is 3.86. The minimum absolute atomic E-state index is 0.0190. The Morgan fingerprint density at radius 3 is 2.45 bits per heavy atom. The van der Waals surface area contributed by atoms with Gasteiger partial charge in [0.1, 0.15) is 5.82 Å². The number of likely N-dealkylation sites (N-methyl/N-ethyl adjacent to an activating group) is 2. The van der Waals surface area contributed by atoms with E-state index >= 15 is 0 Å². The molecule has 0 unspecified atom stereocenters. The molecule has 1 saturated heterocycles. The summed E-state index contributed by atoms with van der Waals surface area (Å²) in [5.41, 5.74) is 4.95. The first-order valence-electron chi connectivity index (χ1n) is 13.9. The monoisotopic (exact) mass is 570 g/mol. The third-order valence-corrected chi connectivity index (χ3v) is 7.59. The van der Waals surface area contributed by atoms with Crippen molar-refractivity contribution in [1.29, 1.82) is 0 Å². The average molecular weight is 571 g/mol. The van der Waals surface area contributed by atoms with Crippen molar-refractivity contribution in [2.45, 2.75) is 13.5 Å². The van der Waals surface area contributed by atoms with Crippen molar-refractivity contribution in [2.75, 3.05) is 62.4 Å². The molecule has 0 aliphatic carbocycles. The molecule has 3 N–H and O–H groups in total. The molecule has 0 aromatic heterocycles. The van der Waals surface area contributed by atoms with E-state index in [9.17, 15) is 18.8 Å². The first-order chi connectivity index (χ1) is 20.2. The van der Waals surface area contributed by atoms with Gasteiger partial charge in [0.15, 0.2) is 0 Å². The van der Waals surface area contributed by atoms with Crippen molar-refractivity contribution in [1.82, 2.24) is 15.1 Å². The van der Waals surface area contributed by atoms with Gasteiger partial charge in [0.05, 0.1) is 23.5 Å². The molecule has 42 heavy (non-hydrogen) atoms. The topological polar surface area (TPSA) is 97.0 Å². The van der Waals surface area contributed by atoms with Gasteiger partial charge < -0.3 is 25.8 Å². The van der Waals surface area contributed by atoms with Crippen LogP contribution in [0.2, 0.25) is 0 Å². The number of benzene rings is 3. The Morgan fingerprint density at radius 1 is 1.00 bits per heavy atom. The van der Waals surface area contributed by atoms with Gasteiger partial charge in [0, 0.05) is 63.6 Å². The summed E-state index contributed by atoms with van der Waals surface area (Å²) >= 11 is 0. The van der Waals surface area contributed by atoms with Gasteiger partial charge in [-0.25, -0.2) is 4.39 Å². The van der Waals surface area contributed by atoms with Crippen LogP contribution in [0, 0.1) is 5.82 Å². The molecule has 0 bridgehead atoms. The first kappa shape index (κ1) is 29.0. The first-order valence-corrected chi connectivity index (χ1v) is 13.9. The maximum Gasteiger partial charge on any atom is 0.258 e. The zero-order chi connectivity index (χ0) is 29.8. The van der Waals surface area contributed by atoms with Crippen LogP contribution in [0.15, 0.2) is 66.7 Å². The van der Waals surface area contributed by atoms with Crippen molar-refractivity contribution in [2.24, 2.45) is 0 Å². The van der Waals surface area contributed by atoms with Crippen LogP contribution in [0.5, 0.6) is 0 Å². The molecule has 9 nitrogen and oxygen atoms in total. The maximum atomic E-state index is 13.9. The van der Waals surface area contributed by atoms with Gasteiger partial charge in [-0.15, -0.1) is 0 Å². The number of carbonyl (C=O) groups is 3. The molecule has 2 aliphatic rings. The third kappa shape index (κ3) is 6.67. The summed E-state index contributed by atoms with van der Waals surface area (Å²) < 4.78 is 13.9. The Bertz CT molecular complexity index is 1530. The number of nitrogens with zero attached hydrogens (tertiary/aromatic N) is 3. The van der Waals surface area contributed by atoms with E-state index in [1.54, 1.807) is 18.0 Å². The number of hydrogen-bond acceptors (Lipinski definition) is 6.